The number of hydrogen-bond donors (Lipinski definition) is 0. The Bertz CT molecular complexity index is 548. The molecule has 2 heterocycles. The summed E-state index contributed by atoms with van der Waals surface area (Å²) in [6.07, 6.45) is 1.69. The summed E-state index contributed by atoms with van der Waals surface area (Å²) >= 11 is 0. The molecule has 1 aromatic heterocycles. The first-order valence-electron chi connectivity index (χ1n) is 4.65. The second kappa shape index (κ2) is 4.24. The zero-order chi connectivity index (χ0) is 12.6. The number of hydrogen-bond acceptors (Lipinski definition) is 6. The predicted molar refractivity (Wildman–Crippen MR) is 56.4 cm³/mol. The lowest BCUT2D eigenvalue weighted by Gasteiger charge is -2.01. The van der Waals surface area contributed by atoms with E-state index in [-0.39, 0.29) is 6.04 Å². The van der Waals surface area contributed by atoms with Crippen LogP contribution >= 0.6 is 10.7 Å². The molecule has 1 aliphatic rings. The summed E-state index contributed by atoms with van der Waals surface area (Å²) in [6, 6.07) is -0.194. The summed E-state index contributed by atoms with van der Waals surface area (Å²) in [7, 11) is 0.930. The van der Waals surface area contributed by atoms with Crippen LogP contribution in [0.2, 0.25) is 0 Å². The van der Waals surface area contributed by atoms with Gasteiger partial charge in [-0.15, -0.1) is 0 Å². The normalized spacial score (nSPS) is 20.6. The lowest BCUT2D eigenvalue weighted by Crippen LogP contribution is -2.09. The molecule has 0 spiro atoms. The Balaban J connectivity index is 2.48. The van der Waals surface area contributed by atoms with Gasteiger partial charge in [0.25, 0.3) is 9.05 Å². The van der Waals surface area contributed by atoms with Crippen LogP contribution in [0, 0.1) is 10.1 Å². The van der Waals surface area contributed by atoms with Gasteiger partial charge in [-0.2, -0.15) is 4.68 Å². The molecule has 0 N–H and O–H groups in total. The van der Waals surface area contributed by atoms with Crippen LogP contribution in [0.3, 0.4) is 0 Å². The zero-order valence-electron chi connectivity index (χ0n) is 8.45. The van der Waals surface area contributed by atoms with E-state index in [0.29, 0.717) is 19.6 Å². The predicted octanol–water partition coefficient (Wildman–Crippen LogP) is 0.680. The van der Waals surface area contributed by atoms with Crippen LogP contribution in [0.25, 0.3) is 0 Å². The summed E-state index contributed by atoms with van der Waals surface area (Å²) < 4.78 is 28.6. The van der Waals surface area contributed by atoms with Crippen molar-refractivity contribution >= 4 is 25.6 Å². The Kier molecular flexibility index (Phi) is 3.06. The average Bonchev–Trinajstić information content (AvgIpc) is 2.85. The van der Waals surface area contributed by atoms with Crippen molar-refractivity contribution in [3.8, 4) is 0 Å². The summed E-state index contributed by atoms with van der Waals surface area (Å²) in [6.45, 7) is 0.863. The zero-order valence-corrected chi connectivity index (χ0v) is 10.0. The van der Waals surface area contributed by atoms with E-state index >= 15 is 0 Å². The Labute approximate surface area is 101 Å². The summed E-state index contributed by atoms with van der Waals surface area (Å²) in [5.41, 5.74) is 0. The Morgan fingerprint density at radius 2 is 2.35 bits per heavy atom. The highest BCUT2D eigenvalue weighted by atomic mass is 35.7. The molecule has 94 valence electrons. The molecule has 1 atom stereocenters. The Morgan fingerprint density at radius 1 is 1.65 bits per heavy atom. The van der Waals surface area contributed by atoms with Crippen molar-refractivity contribution in [2.75, 3.05) is 13.2 Å². The highest BCUT2D eigenvalue weighted by Gasteiger charge is 2.33. The molecule has 0 amide bonds. The molecule has 2 rings (SSSR count). The lowest BCUT2D eigenvalue weighted by atomic mass is 10.3. The lowest BCUT2D eigenvalue weighted by molar-refractivity contribution is -0.392. The molecule has 0 aromatic carbocycles. The monoisotopic (exact) mass is 281 g/mol. The molecule has 1 aliphatic heterocycles. The minimum atomic E-state index is -4.18. The van der Waals surface area contributed by atoms with E-state index in [1.807, 2.05) is 0 Å². The quantitative estimate of drug-likeness (QED) is 0.458. The third kappa shape index (κ3) is 2.40. The van der Waals surface area contributed by atoms with Gasteiger partial charge in [-0.1, -0.05) is 0 Å². The summed E-state index contributed by atoms with van der Waals surface area (Å²) in [5.74, 6) is -0.757. The van der Waals surface area contributed by atoms with Gasteiger partial charge in [-0.25, -0.2) is 8.42 Å². The molecule has 1 saturated heterocycles. The van der Waals surface area contributed by atoms with Gasteiger partial charge in [-0.05, 0) is 11.3 Å². The number of halogens is 1. The second-order valence-corrected chi connectivity index (χ2v) is 6.04. The van der Waals surface area contributed by atoms with Gasteiger partial charge in [0, 0.05) is 17.3 Å². The molecule has 1 fully saturated rings. The van der Waals surface area contributed by atoms with E-state index in [2.05, 4.69) is 5.10 Å². The fourth-order valence-electron chi connectivity index (χ4n) is 1.58. The number of aromatic nitrogens is 2. The fourth-order valence-corrected chi connectivity index (χ4v) is 2.48. The molecule has 0 aliphatic carbocycles. The van der Waals surface area contributed by atoms with Gasteiger partial charge < -0.3 is 14.9 Å². The number of ether oxygens (including phenoxy) is 1. The van der Waals surface area contributed by atoms with Crippen molar-refractivity contribution in [3.63, 3.8) is 0 Å². The van der Waals surface area contributed by atoms with Crippen LogP contribution < -0.4 is 0 Å². The third-order valence-corrected chi connectivity index (χ3v) is 3.71. The maximum atomic E-state index is 11.2. The van der Waals surface area contributed by atoms with Crippen LogP contribution in [0.15, 0.2) is 11.1 Å². The Hall–Kier alpha value is -1.19. The van der Waals surface area contributed by atoms with Crippen molar-refractivity contribution in [2.45, 2.75) is 17.4 Å². The van der Waals surface area contributed by atoms with Gasteiger partial charge in [-0.3, -0.25) is 0 Å². The van der Waals surface area contributed by atoms with E-state index in [0.717, 1.165) is 6.20 Å². The largest absolute Gasteiger partial charge is 0.410 e. The smallest absolute Gasteiger partial charge is 0.379 e. The molecule has 0 bridgehead atoms. The summed E-state index contributed by atoms with van der Waals surface area (Å²) in [4.78, 5) is 9.21. The van der Waals surface area contributed by atoms with E-state index in [1.165, 1.54) is 4.68 Å². The molecule has 10 heteroatoms. The van der Waals surface area contributed by atoms with Crippen LogP contribution in [-0.4, -0.2) is 36.3 Å². The first-order chi connectivity index (χ1) is 7.89. The minimum Gasteiger partial charge on any atom is -0.379 e. The van der Waals surface area contributed by atoms with Crippen LogP contribution in [0.4, 0.5) is 5.82 Å². The Morgan fingerprint density at radius 3 is 2.76 bits per heavy atom. The molecule has 0 saturated carbocycles. The van der Waals surface area contributed by atoms with Crippen molar-refractivity contribution < 1.29 is 18.1 Å². The van der Waals surface area contributed by atoms with Gasteiger partial charge in [0.05, 0.1) is 23.9 Å². The van der Waals surface area contributed by atoms with Gasteiger partial charge in [0.15, 0.2) is 0 Å². The van der Waals surface area contributed by atoms with Crippen molar-refractivity contribution in [1.82, 2.24) is 9.78 Å². The second-order valence-electron chi connectivity index (χ2n) is 3.51. The SMILES string of the molecule is O=[N+]([O-])c1nn(C2CCOC2)cc1S(=O)(=O)Cl. The fraction of sp³-hybridized carbons (Fsp3) is 0.571. The van der Waals surface area contributed by atoms with Crippen LogP contribution in [-0.2, 0) is 13.8 Å². The van der Waals surface area contributed by atoms with Gasteiger partial charge in [0.1, 0.15) is 0 Å². The molecule has 0 radical (unpaired) electrons. The van der Waals surface area contributed by atoms with Crippen molar-refractivity contribution in [3.05, 3.63) is 16.3 Å². The molecule has 17 heavy (non-hydrogen) atoms. The van der Waals surface area contributed by atoms with E-state index in [4.69, 9.17) is 15.4 Å². The van der Waals surface area contributed by atoms with E-state index in [9.17, 15) is 18.5 Å². The van der Waals surface area contributed by atoms with Gasteiger partial charge in [0.2, 0.25) is 4.90 Å². The molecular formula is C7H8ClN3O5S. The maximum absolute atomic E-state index is 11.2. The molecule has 1 aromatic rings. The first-order valence-corrected chi connectivity index (χ1v) is 6.96. The van der Waals surface area contributed by atoms with Crippen molar-refractivity contribution in [2.24, 2.45) is 0 Å². The minimum absolute atomic E-state index is 0.194. The van der Waals surface area contributed by atoms with E-state index < -0.39 is 24.7 Å². The third-order valence-electron chi connectivity index (χ3n) is 2.40. The highest BCUT2D eigenvalue weighted by Crippen LogP contribution is 2.28. The standard InChI is InChI=1S/C7H8ClN3O5S/c8-17(14,15)6-3-10(5-1-2-16-4-5)9-7(6)11(12)13/h3,5H,1-2,4H2. The number of nitro groups is 1. The summed E-state index contributed by atoms with van der Waals surface area (Å²) in [5, 5.41) is 14.3. The molecule has 8 nitrogen and oxygen atoms in total. The highest BCUT2D eigenvalue weighted by molar-refractivity contribution is 8.13. The molecular weight excluding hydrogens is 274 g/mol. The van der Waals surface area contributed by atoms with E-state index in [1.54, 1.807) is 0 Å². The van der Waals surface area contributed by atoms with Crippen LogP contribution in [0.5, 0.6) is 0 Å². The van der Waals surface area contributed by atoms with Crippen LogP contribution in [0.1, 0.15) is 12.5 Å². The topological polar surface area (TPSA) is 104 Å². The molecule has 1 unspecified atom stereocenters. The number of nitrogens with zero attached hydrogens (tertiary/aromatic N) is 3. The van der Waals surface area contributed by atoms with Gasteiger partial charge >= 0.3 is 5.82 Å². The number of rotatable bonds is 3. The maximum Gasteiger partial charge on any atom is 0.410 e. The van der Waals surface area contributed by atoms with Crippen molar-refractivity contribution in [1.29, 1.82) is 0 Å². The first kappa shape index (κ1) is 12.3. The average molecular weight is 282 g/mol.